The number of hydrogen-bond acceptors (Lipinski definition) is 6. The van der Waals surface area contributed by atoms with Gasteiger partial charge >= 0.3 is 0 Å². The first-order valence-electron chi connectivity index (χ1n) is 7.62. The summed E-state index contributed by atoms with van der Waals surface area (Å²) in [6, 6.07) is 0.0639. The molecule has 1 aliphatic rings. The first kappa shape index (κ1) is 17.4. The van der Waals surface area contributed by atoms with Crippen LogP contribution in [0.5, 0.6) is 0 Å². The normalized spacial score (nSPS) is 20.2. The molecule has 7 nitrogen and oxygen atoms in total. The number of hydrogen-bond donors (Lipinski definition) is 1. The highest BCUT2D eigenvalue weighted by Crippen LogP contribution is 2.26. The Morgan fingerprint density at radius 1 is 1.32 bits per heavy atom. The van der Waals surface area contributed by atoms with Crippen molar-refractivity contribution in [1.29, 1.82) is 0 Å². The number of nitrogens with one attached hydrogen (secondary N) is 1. The van der Waals surface area contributed by atoms with Crippen molar-refractivity contribution in [2.24, 2.45) is 0 Å². The number of piperidine rings is 1. The van der Waals surface area contributed by atoms with Crippen LogP contribution in [0.3, 0.4) is 0 Å². The Kier molecular flexibility index (Phi) is 4.93. The van der Waals surface area contributed by atoms with E-state index in [0.717, 1.165) is 25.9 Å². The molecule has 126 valence electrons. The molecule has 0 bridgehead atoms. The van der Waals surface area contributed by atoms with Gasteiger partial charge in [-0.15, -0.1) is 0 Å². The van der Waals surface area contributed by atoms with Crippen molar-refractivity contribution in [3.8, 4) is 0 Å². The van der Waals surface area contributed by atoms with Crippen molar-refractivity contribution in [2.45, 2.75) is 58.0 Å². The minimum atomic E-state index is -3.14. The van der Waals surface area contributed by atoms with Crippen LogP contribution in [0.2, 0.25) is 0 Å². The van der Waals surface area contributed by atoms with Gasteiger partial charge in [0, 0.05) is 24.5 Å². The smallest absolute Gasteiger partial charge is 0.243 e. The fraction of sp³-hybridized carbons (Fsp3) is 0.857. The molecule has 1 aromatic heterocycles. The topological polar surface area (TPSA) is 88.3 Å². The minimum Gasteiger partial charge on any atom is -0.338 e. The highest BCUT2D eigenvalue weighted by Gasteiger charge is 2.29. The summed E-state index contributed by atoms with van der Waals surface area (Å²) in [6.07, 6.45) is 2.78. The van der Waals surface area contributed by atoms with E-state index in [1.165, 1.54) is 6.26 Å². The number of sulfonamides is 1. The minimum absolute atomic E-state index is 0.0197. The van der Waals surface area contributed by atoms with Crippen LogP contribution < -0.4 is 4.72 Å². The fourth-order valence-corrected chi connectivity index (χ4v) is 3.41. The van der Waals surface area contributed by atoms with Crippen molar-refractivity contribution in [2.75, 3.05) is 19.3 Å². The zero-order valence-electron chi connectivity index (χ0n) is 14.0. The number of aromatic nitrogens is 2. The van der Waals surface area contributed by atoms with Gasteiger partial charge in [-0.3, -0.25) is 4.90 Å². The summed E-state index contributed by atoms with van der Waals surface area (Å²) in [5.74, 6) is 1.34. The van der Waals surface area contributed by atoms with Gasteiger partial charge in [-0.05, 0) is 19.8 Å². The van der Waals surface area contributed by atoms with E-state index in [9.17, 15) is 8.42 Å². The van der Waals surface area contributed by atoms with Crippen molar-refractivity contribution in [1.82, 2.24) is 19.8 Å². The lowest BCUT2D eigenvalue weighted by molar-refractivity contribution is 0.134. The molecule has 22 heavy (non-hydrogen) atoms. The molecular weight excluding hydrogens is 304 g/mol. The zero-order valence-corrected chi connectivity index (χ0v) is 14.8. The van der Waals surface area contributed by atoms with Crippen LogP contribution in [0.25, 0.3) is 0 Å². The Labute approximate surface area is 132 Å². The highest BCUT2D eigenvalue weighted by atomic mass is 32.2. The van der Waals surface area contributed by atoms with Gasteiger partial charge in [-0.1, -0.05) is 25.9 Å². The Balaban J connectivity index is 1.95. The zero-order chi connectivity index (χ0) is 16.5. The fourth-order valence-electron chi connectivity index (χ4n) is 2.57. The van der Waals surface area contributed by atoms with Crippen LogP contribution in [0.1, 0.15) is 58.3 Å². The standard InChI is InChI=1S/C14H26N4O3S/c1-10(12-15-13(16-21-12)14(2,3)4)18-8-6-11(7-9-18)17-22(5,19)20/h10-11,17H,6-9H2,1-5H3. The van der Waals surface area contributed by atoms with Crippen LogP contribution in [0, 0.1) is 0 Å². The average molecular weight is 330 g/mol. The third-order valence-electron chi connectivity index (χ3n) is 3.93. The average Bonchev–Trinajstić information content (AvgIpc) is 2.86. The summed E-state index contributed by atoms with van der Waals surface area (Å²) in [5, 5.41) is 4.06. The van der Waals surface area contributed by atoms with Crippen molar-refractivity contribution >= 4 is 10.0 Å². The van der Waals surface area contributed by atoms with Crippen molar-refractivity contribution < 1.29 is 12.9 Å². The second kappa shape index (κ2) is 6.25. The maximum Gasteiger partial charge on any atom is 0.243 e. The molecule has 0 radical (unpaired) electrons. The Hall–Kier alpha value is -0.990. The molecule has 1 fully saturated rings. The van der Waals surface area contributed by atoms with Gasteiger partial charge in [0.2, 0.25) is 15.9 Å². The summed E-state index contributed by atoms with van der Waals surface area (Å²) in [5.41, 5.74) is -0.131. The van der Waals surface area contributed by atoms with Crippen molar-refractivity contribution in [3.05, 3.63) is 11.7 Å². The highest BCUT2D eigenvalue weighted by molar-refractivity contribution is 7.88. The Morgan fingerprint density at radius 2 is 1.91 bits per heavy atom. The SMILES string of the molecule is CC(c1nc(C(C)(C)C)no1)N1CCC(NS(C)(=O)=O)CC1. The maximum atomic E-state index is 11.3. The second-order valence-corrected chi connectivity index (χ2v) is 8.86. The molecule has 0 amide bonds. The third-order valence-corrected chi connectivity index (χ3v) is 4.69. The molecule has 1 aliphatic heterocycles. The van der Waals surface area contributed by atoms with E-state index in [1.54, 1.807) is 0 Å². The second-order valence-electron chi connectivity index (χ2n) is 7.08. The van der Waals surface area contributed by atoms with Gasteiger partial charge in [0.05, 0.1) is 12.3 Å². The molecule has 8 heteroatoms. The lowest BCUT2D eigenvalue weighted by Crippen LogP contribution is -2.45. The molecule has 1 N–H and O–H groups in total. The molecule has 0 aliphatic carbocycles. The maximum absolute atomic E-state index is 11.3. The number of nitrogens with zero attached hydrogens (tertiary/aromatic N) is 3. The molecule has 1 saturated heterocycles. The quantitative estimate of drug-likeness (QED) is 0.899. The predicted molar refractivity (Wildman–Crippen MR) is 84.0 cm³/mol. The van der Waals surface area contributed by atoms with E-state index >= 15 is 0 Å². The summed E-state index contributed by atoms with van der Waals surface area (Å²) < 4.78 is 30.6. The molecule has 2 heterocycles. The molecular formula is C14H26N4O3S. The molecule has 1 aromatic rings. The Bertz CT molecular complexity index is 598. The van der Waals surface area contributed by atoms with E-state index < -0.39 is 10.0 Å². The first-order valence-corrected chi connectivity index (χ1v) is 9.51. The molecule has 0 spiro atoms. The third kappa shape index (κ3) is 4.50. The Morgan fingerprint density at radius 3 is 2.36 bits per heavy atom. The van der Waals surface area contributed by atoms with Gasteiger partial charge in [-0.25, -0.2) is 13.1 Å². The van der Waals surface area contributed by atoms with Crippen LogP contribution >= 0.6 is 0 Å². The summed E-state index contributed by atoms with van der Waals surface area (Å²) in [4.78, 5) is 6.75. The van der Waals surface area contributed by atoms with Gasteiger partial charge in [-0.2, -0.15) is 4.98 Å². The van der Waals surface area contributed by atoms with Gasteiger partial charge in [0.25, 0.3) is 0 Å². The molecule has 1 unspecified atom stereocenters. The van der Waals surface area contributed by atoms with Crippen LogP contribution in [-0.2, 0) is 15.4 Å². The van der Waals surface area contributed by atoms with E-state index in [4.69, 9.17) is 4.52 Å². The van der Waals surface area contributed by atoms with Gasteiger partial charge in [0.1, 0.15) is 0 Å². The first-order chi connectivity index (χ1) is 10.1. The molecule has 2 rings (SSSR count). The lowest BCUT2D eigenvalue weighted by atomic mass is 9.96. The number of rotatable bonds is 4. The van der Waals surface area contributed by atoms with Crippen LogP contribution in [-0.4, -0.2) is 48.8 Å². The monoisotopic (exact) mass is 330 g/mol. The predicted octanol–water partition coefficient (Wildman–Crippen LogP) is 1.44. The van der Waals surface area contributed by atoms with Gasteiger partial charge in [0.15, 0.2) is 5.82 Å². The lowest BCUT2D eigenvalue weighted by Gasteiger charge is -2.34. The van der Waals surface area contributed by atoms with E-state index in [0.29, 0.717) is 11.7 Å². The summed E-state index contributed by atoms with van der Waals surface area (Å²) in [6.45, 7) is 9.81. The molecule has 0 saturated carbocycles. The summed E-state index contributed by atoms with van der Waals surface area (Å²) >= 11 is 0. The molecule has 0 aromatic carbocycles. The van der Waals surface area contributed by atoms with E-state index in [-0.39, 0.29) is 17.5 Å². The van der Waals surface area contributed by atoms with E-state index in [1.807, 2.05) is 6.92 Å². The largest absolute Gasteiger partial charge is 0.338 e. The summed E-state index contributed by atoms with van der Waals surface area (Å²) in [7, 11) is -3.14. The van der Waals surface area contributed by atoms with Crippen LogP contribution in [0.4, 0.5) is 0 Å². The van der Waals surface area contributed by atoms with Gasteiger partial charge < -0.3 is 4.52 Å². The van der Waals surface area contributed by atoms with Crippen molar-refractivity contribution in [3.63, 3.8) is 0 Å². The van der Waals surface area contributed by atoms with Crippen LogP contribution in [0.15, 0.2) is 4.52 Å². The number of likely N-dealkylation sites (tertiary alicyclic amines) is 1. The molecule has 1 atom stereocenters. The van der Waals surface area contributed by atoms with E-state index in [2.05, 4.69) is 40.5 Å².